The van der Waals surface area contributed by atoms with Gasteiger partial charge < -0.3 is 10.8 Å². The van der Waals surface area contributed by atoms with Crippen LogP contribution < -0.4 is 5.73 Å². The number of nitrogens with two attached hydrogens (primary N) is 1. The summed E-state index contributed by atoms with van der Waals surface area (Å²) in [6.45, 7) is 2.08. The molecule has 0 radical (unpaired) electrons. The van der Waals surface area contributed by atoms with Gasteiger partial charge in [0, 0.05) is 31.4 Å². The minimum Gasteiger partial charge on any atom is -0.390 e. The standard InChI is InChI=1S/C14H17N7O/c15-14-10-2-1-9(13(10)16-8-17-14)5-20-6-11(12(22)7-20)21-4-3-18-19-21/h1,3-4,8,11-12,22H,2,5-7H2,(H2,15,16,17)/t11-,12-/m0/s1. The molecule has 0 amide bonds. The van der Waals surface area contributed by atoms with E-state index in [0.717, 1.165) is 36.3 Å². The summed E-state index contributed by atoms with van der Waals surface area (Å²) in [5, 5.41) is 18.0. The molecule has 0 bridgehead atoms. The number of rotatable bonds is 3. The van der Waals surface area contributed by atoms with Crippen molar-refractivity contribution in [1.82, 2.24) is 29.9 Å². The van der Waals surface area contributed by atoms with Crippen LogP contribution in [0.3, 0.4) is 0 Å². The summed E-state index contributed by atoms with van der Waals surface area (Å²) in [6, 6.07) is -0.0561. The van der Waals surface area contributed by atoms with E-state index in [-0.39, 0.29) is 6.04 Å². The molecule has 3 heterocycles. The van der Waals surface area contributed by atoms with Crippen molar-refractivity contribution in [3.63, 3.8) is 0 Å². The van der Waals surface area contributed by atoms with E-state index in [0.29, 0.717) is 12.4 Å². The summed E-state index contributed by atoms with van der Waals surface area (Å²) < 4.78 is 1.72. The smallest absolute Gasteiger partial charge is 0.130 e. The predicted molar refractivity (Wildman–Crippen MR) is 79.6 cm³/mol. The number of aliphatic hydroxyl groups excluding tert-OH is 1. The monoisotopic (exact) mass is 299 g/mol. The van der Waals surface area contributed by atoms with Crippen molar-refractivity contribution in [2.75, 3.05) is 25.4 Å². The molecule has 3 N–H and O–H groups in total. The summed E-state index contributed by atoms with van der Waals surface area (Å²) in [5.41, 5.74) is 8.98. The first kappa shape index (κ1) is 13.4. The van der Waals surface area contributed by atoms with Gasteiger partial charge in [-0.05, 0) is 12.0 Å². The molecule has 22 heavy (non-hydrogen) atoms. The van der Waals surface area contributed by atoms with E-state index in [1.54, 1.807) is 17.1 Å². The van der Waals surface area contributed by atoms with Crippen LogP contribution in [0, 0.1) is 0 Å². The first-order valence-corrected chi connectivity index (χ1v) is 7.27. The highest BCUT2D eigenvalue weighted by molar-refractivity contribution is 5.74. The van der Waals surface area contributed by atoms with E-state index in [2.05, 4.69) is 31.3 Å². The number of β-amino-alcohol motifs (C(OH)–C–C–N with tert-alkyl or cyclic N) is 1. The second-order valence-electron chi connectivity index (χ2n) is 5.73. The molecule has 1 aliphatic heterocycles. The highest BCUT2D eigenvalue weighted by atomic mass is 16.3. The highest BCUT2D eigenvalue weighted by Gasteiger charge is 2.34. The Balaban J connectivity index is 1.49. The lowest BCUT2D eigenvalue weighted by molar-refractivity contribution is 0.139. The number of anilines is 1. The molecule has 0 aromatic carbocycles. The number of hydrogen-bond acceptors (Lipinski definition) is 7. The zero-order valence-corrected chi connectivity index (χ0v) is 12.0. The van der Waals surface area contributed by atoms with Crippen LogP contribution in [0.4, 0.5) is 5.82 Å². The van der Waals surface area contributed by atoms with E-state index in [9.17, 15) is 5.11 Å². The number of fused-ring (bicyclic) bond motifs is 1. The molecule has 8 nitrogen and oxygen atoms in total. The summed E-state index contributed by atoms with van der Waals surface area (Å²) in [6.07, 6.45) is 7.40. The van der Waals surface area contributed by atoms with Gasteiger partial charge in [-0.25, -0.2) is 14.6 Å². The van der Waals surface area contributed by atoms with Gasteiger partial charge in [-0.2, -0.15) is 0 Å². The van der Waals surface area contributed by atoms with Crippen molar-refractivity contribution < 1.29 is 5.11 Å². The Labute approximate surface area is 127 Å². The Morgan fingerprint density at radius 3 is 3.05 bits per heavy atom. The summed E-state index contributed by atoms with van der Waals surface area (Å²) in [4.78, 5) is 10.6. The maximum Gasteiger partial charge on any atom is 0.130 e. The van der Waals surface area contributed by atoms with Gasteiger partial charge in [-0.15, -0.1) is 5.10 Å². The topological polar surface area (TPSA) is 106 Å². The van der Waals surface area contributed by atoms with Crippen LogP contribution >= 0.6 is 0 Å². The van der Waals surface area contributed by atoms with Gasteiger partial charge in [0.05, 0.1) is 24.0 Å². The molecule has 0 spiro atoms. The molecule has 4 rings (SSSR count). The lowest BCUT2D eigenvalue weighted by Gasteiger charge is -2.16. The molecular formula is C14H17N7O. The van der Waals surface area contributed by atoms with Crippen LogP contribution in [0.15, 0.2) is 24.8 Å². The van der Waals surface area contributed by atoms with Gasteiger partial charge in [-0.3, -0.25) is 4.90 Å². The fourth-order valence-electron chi connectivity index (χ4n) is 3.24. The molecule has 2 atom stereocenters. The number of allylic oxidation sites excluding steroid dienone is 1. The predicted octanol–water partition coefficient (Wildman–Crippen LogP) is -0.492. The van der Waals surface area contributed by atoms with Crippen LogP contribution in [0.1, 0.15) is 17.3 Å². The Morgan fingerprint density at radius 2 is 2.23 bits per heavy atom. The zero-order valence-electron chi connectivity index (χ0n) is 12.0. The third-order valence-electron chi connectivity index (χ3n) is 4.34. The largest absolute Gasteiger partial charge is 0.390 e. The van der Waals surface area contributed by atoms with Gasteiger partial charge >= 0.3 is 0 Å². The van der Waals surface area contributed by atoms with E-state index >= 15 is 0 Å². The first-order chi connectivity index (χ1) is 10.7. The number of aliphatic hydroxyl groups is 1. The molecule has 0 unspecified atom stereocenters. The summed E-state index contributed by atoms with van der Waals surface area (Å²) >= 11 is 0. The summed E-state index contributed by atoms with van der Waals surface area (Å²) in [5.74, 6) is 0.554. The van der Waals surface area contributed by atoms with Crippen LogP contribution in [-0.2, 0) is 6.42 Å². The van der Waals surface area contributed by atoms with Crippen LogP contribution in [-0.4, -0.2) is 60.7 Å². The number of nitrogen functional groups attached to an aromatic ring is 1. The van der Waals surface area contributed by atoms with Gasteiger partial charge in [0.2, 0.25) is 0 Å². The third-order valence-corrected chi connectivity index (χ3v) is 4.34. The van der Waals surface area contributed by atoms with Crippen molar-refractivity contribution in [1.29, 1.82) is 0 Å². The minimum atomic E-state index is -0.446. The summed E-state index contributed by atoms with van der Waals surface area (Å²) in [7, 11) is 0. The zero-order chi connectivity index (χ0) is 15.1. The van der Waals surface area contributed by atoms with Crippen LogP contribution in [0.25, 0.3) is 5.57 Å². The molecule has 0 saturated carbocycles. The molecule has 1 saturated heterocycles. The van der Waals surface area contributed by atoms with Crippen molar-refractivity contribution in [2.45, 2.75) is 18.6 Å². The van der Waals surface area contributed by atoms with E-state index in [4.69, 9.17) is 5.73 Å². The number of aromatic nitrogens is 5. The maximum atomic E-state index is 10.2. The minimum absolute atomic E-state index is 0.0561. The van der Waals surface area contributed by atoms with E-state index in [1.165, 1.54) is 6.33 Å². The van der Waals surface area contributed by atoms with Gasteiger partial charge in [-0.1, -0.05) is 11.3 Å². The average Bonchev–Trinajstić information content (AvgIpc) is 3.20. The Kier molecular flexibility index (Phi) is 3.12. The molecule has 1 fully saturated rings. The van der Waals surface area contributed by atoms with Crippen molar-refractivity contribution in [3.8, 4) is 0 Å². The van der Waals surface area contributed by atoms with Crippen LogP contribution in [0.5, 0.6) is 0 Å². The Morgan fingerprint density at radius 1 is 1.32 bits per heavy atom. The normalized spacial score (nSPS) is 24.5. The lowest BCUT2D eigenvalue weighted by Crippen LogP contribution is -2.24. The number of nitrogens with zero attached hydrogens (tertiary/aromatic N) is 6. The van der Waals surface area contributed by atoms with Crippen molar-refractivity contribution in [2.24, 2.45) is 0 Å². The van der Waals surface area contributed by atoms with Gasteiger partial charge in [0.1, 0.15) is 12.1 Å². The van der Waals surface area contributed by atoms with Crippen molar-refractivity contribution in [3.05, 3.63) is 36.1 Å². The SMILES string of the molecule is Nc1ncnc2c1CC=C2CN1C[C@H](O)[C@@H](n2ccnn2)C1. The molecule has 2 aromatic heterocycles. The highest BCUT2D eigenvalue weighted by Crippen LogP contribution is 2.30. The molecular weight excluding hydrogens is 282 g/mol. The Hall–Kier alpha value is -2.32. The molecule has 2 aromatic rings. The number of likely N-dealkylation sites (tertiary alicyclic amines) is 1. The fourth-order valence-corrected chi connectivity index (χ4v) is 3.24. The quantitative estimate of drug-likeness (QED) is 0.787. The maximum absolute atomic E-state index is 10.2. The van der Waals surface area contributed by atoms with E-state index < -0.39 is 6.10 Å². The molecule has 1 aliphatic carbocycles. The molecule has 8 heteroatoms. The van der Waals surface area contributed by atoms with Crippen LogP contribution in [0.2, 0.25) is 0 Å². The first-order valence-electron chi connectivity index (χ1n) is 7.27. The Bertz CT molecular complexity index is 712. The fraction of sp³-hybridized carbons (Fsp3) is 0.429. The molecule has 2 aliphatic rings. The third kappa shape index (κ3) is 2.16. The lowest BCUT2D eigenvalue weighted by atomic mass is 10.2. The van der Waals surface area contributed by atoms with E-state index in [1.807, 2.05) is 0 Å². The number of hydrogen-bond donors (Lipinski definition) is 2. The second kappa shape index (κ2) is 5.15. The average molecular weight is 299 g/mol. The second-order valence-corrected chi connectivity index (χ2v) is 5.73. The molecule has 114 valence electrons. The van der Waals surface area contributed by atoms with Gasteiger partial charge in [0.25, 0.3) is 0 Å². The van der Waals surface area contributed by atoms with Gasteiger partial charge in [0.15, 0.2) is 0 Å². The van der Waals surface area contributed by atoms with Crippen molar-refractivity contribution >= 4 is 11.4 Å².